The molecule has 0 N–H and O–H groups in total. The van der Waals surface area contributed by atoms with E-state index in [0.29, 0.717) is 5.03 Å². The number of nitrogens with zero attached hydrogens (tertiary/aromatic N) is 3. The molecule has 0 amide bonds. The minimum atomic E-state index is -1.06. The first kappa shape index (κ1) is 21.5. The van der Waals surface area contributed by atoms with E-state index in [1.54, 1.807) is 12.5 Å². The number of rotatable bonds is 7. The topological polar surface area (TPSA) is 55.3 Å². The quantitative estimate of drug-likeness (QED) is 0.400. The number of ether oxygens (including phenoxy) is 1. The first-order valence-corrected chi connectivity index (χ1v) is 12.5. The second-order valence-corrected chi connectivity index (χ2v) is 9.54. The Kier molecular flexibility index (Phi) is 6.28. The SMILES string of the molecule is CS(=O)c1ccc(-c2ccc(OC3CN(Cc4ccc(-c5ccccn5)cc4)C3)cc2)cn1. The lowest BCUT2D eigenvalue weighted by molar-refractivity contribution is 0.0146. The lowest BCUT2D eigenvalue weighted by Gasteiger charge is -2.39. The van der Waals surface area contributed by atoms with E-state index in [4.69, 9.17) is 4.74 Å². The number of pyridine rings is 2. The van der Waals surface area contributed by atoms with Gasteiger partial charge in [-0.2, -0.15) is 0 Å². The highest BCUT2D eigenvalue weighted by Crippen LogP contribution is 2.25. The summed E-state index contributed by atoms with van der Waals surface area (Å²) in [5.41, 5.74) is 5.49. The molecule has 3 heterocycles. The molecule has 2 aromatic heterocycles. The van der Waals surface area contributed by atoms with E-state index in [1.165, 1.54) is 5.56 Å². The Bertz CT molecular complexity index is 1220. The minimum absolute atomic E-state index is 0.212. The minimum Gasteiger partial charge on any atom is -0.488 e. The smallest absolute Gasteiger partial charge is 0.126 e. The Hall–Kier alpha value is -3.35. The number of hydrogen-bond donors (Lipinski definition) is 0. The molecule has 2 aromatic carbocycles. The van der Waals surface area contributed by atoms with Gasteiger partial charge < -0.3 is 4.74 Å². The fourth-order valence-electron chi connectivity index (χ4n) is 3.94. The van der Waals surface area contributed by atoms with Crippen LogP contribution in [0.4, 0.5) is 0 Å². The normalized spacial score (nSPS) is 15.1. The van der Waals surface area contributed by atoms with E-state index < -0.39 is 10.8 Å². The zero-order valence-corrected chi connectivity index (χ0v) is 19.2. The van der Waals surface area contributed by atoms with Crippen LogP contribution in [0.2, 0.25) is 0 Å². The van der Waals surface area contributed by atoms with Crippen molar-refractivity contribution in [2.75, 3.05) is 19.3 Å². The molecule has 1 aliphatic heterocycles. The van der Waals surface area contributed by atoms with Crippen molar-refractivity contribution in [3.8, 4) is 28.1 Å². The van der Waals surface area contributed by atoms with E-state index >= 15 is 0 Å². The molecule has 1 unspecified atom stereocenters. The molecule has 1 saturated heterocycles. The molecule has 0 bridgehead atoms. The van der Waals surface area contributed by atoms with Gasteiger partial charge >= 0.3 is 0 Å². The van der Waals surface area contributed by atoms with Gasteiger partial charge in [0, 0.05) is 49.4 Å². The third-order valence-corrected chi connectivity index (χ3v) is 6.60. The summed E-state index contributed by atoms with van der Waals surface area (Å²) in [4.78, 5) is 11.1. The van der Waals surface area contributed by atoms with Gasteiger partial charge in [-0.3, -0.25) is 14.1 Å². The highest BCUT2D eigenvalue weighted by Gasteiger charge is 2.28. The summed E-state index contributed by atoms with van der Waals surface area (Å²) in [5.74, 6) is 0.877. The second kappa shape index (κ2) is 9.65. The largest absolute Gasteiger partial charge is 0.488 e. The molecule has 166 valence electrons. The number of aromatic nitrogens is 2. The Morgan fingerprint density at radius 3 is 2.24 bits per heavy atom. The van der Waals surface area contributed by atoms with Gasteiger partial charge in [0.2, 0.25) is 0 Å². The van der Waals surface area contributed by atoms with Crippen LogP contribution in [-0.4, -0.2) is 44.5 Å². The van der Waals surface area contributed by atoms with Crippen molar-refractivity contribution in [3.05, 3.63) is 96.8 Å². The maximum absolute atomic E-state index is 11.5. The van der Waals surface area contributed by atoms with E-state index in [2.05, 4.69) is 39.1 Å². The van der Waals surface area contributed by atoms with Crippen molar-refractivity contribution in [1.82, 2.24) is 14.9 Å². The highest BCUT2D eigenvalue weighted by atomic mass is 32.2. The van der Waals surface area contributed by atoms with Gasteiger partial charge in [-0.05, 0) is 41.5 Å². The van der Waals surface area contributed by atoms with Gasteiger partial charge in [-0.25, -0.2) is 4.98 Å². The molecule has 0 spiro atoms. The van der Waals surface area contributed by atoms with E-state index in [-0.39, 0.29) is 6.10 Å². The van der Waals surface area contributed by atoms with Crippen molar-refractivity contribution >= 4 is 10.8 Å². The second-order valence-electron chi connectivity index (χ2n) is 8.21. The molecular formula is C27H25N3O2S. The van der Waals surface area contributed by atoms with Crippen LogP contribution >= 0.6 is 0 Å². The van der Waals surface area contributed by atoms with Crippen LogP contribution in [0, 0.1) is 0 Å². The molecule has 1 aliphatic rings. The average molecular weight is 456 g/mol. The van der Waals surface area contributed by atoms with Crippen molar-refractivity contribution < 1.29 is 8.95 Å². The molecule has 0 saturated carbocycles. The van der Waals surface area contributed by atoms with Crippen molar-refractivity contribution in [2.24, 2.45) is 0 Å². The van der Waals surface area contributed by atoms with Crippen LogP contribution in [0.1, 0.15) is 5.56 Å². The van der Waals surface area contributed by atoms with Crippen LogP contribution in [0.25, 0.3) is 22.4 Å². The zero-order valence-electron chi connectivity index (χ0n) is 18.4. The third-order valence-electron chi connectivity index (χ3n) is 5.77. The summed E-state index contributed by atoms with van der Waals surface area (Å²) in [5, 5.41) is 0.595. The first-order valence-electron chi connectivity index (χ1n) is 10.9. The van der Waals surface area contributed by atoms with Crippen LogP contribution in [0.15, 0.2) is 96.3 Å². The van der Waals surface area contributed by atoms with Crippen molar-refractivity contribution in [2.45, 2.75) is 17.7 Å². The summed E-state index contributed by atoms with van der Waals surface area (Å²) in [6.45, 7) is 2.76. The van der Waals surface area contributed by atoms with E-state index in [1.807, 2.05) is 60.8 Å². The lowest BCUT2D eigenvalue weighted by Crippen LogP contribution is -2.53. The molecule has 5 rings (SSSR count). The summed E-state index contributed by atoms with van der Waals surface area (Å²) in [7, 11) is -1.06. The Morgan fingerprint density at radius 1 is 0.879 bits per heavy atom. The van der Waals surface area contributed by atoms with Gasteiger partial charge in [0.25, 0.3) is 0 Å². The summed E-state index contributed by atoms with van der Waals surface area (Å²) in [6, 6.07) is 26.4. The molecule has 1 atom stereocenters. The standard InChI is InChI=1S/C27H25N3O2S/c1-33(31)27-14-11-23(16-29-27)21-9-12-24(13-10-21)32-25-18-30(19-25)17-20-5-7-22(8-6-20)26-4-2-3-15-28-26/h2-16,25H,17-19H2,1H3. The lowest BCUT2D eigenvalue weighted by atomic mass is 10.1. The Morgan fingerprint density at radius 2 is 1.61 bits per heavy atom. The fraction of sp³-hybridized carbons (Fsp3) is 0.185. The first-order chi connectivity index (χ1) is 16.1. The predicted molar refractivity (Wildman–Crippen MR) is 131 cm³/mol. The third kappa shape index (κ3) is 5.18. The number of hydrogen-bond acceptors (Lipinski definition) is 5. The number of benzene rings is 2. The van der Waals surface area contributed by atoms with Crippen LogP contribution in [0.3, 0.4) is 0 Å². The highest BCUT2D eigenvalue weighted by molar-refractivity contribution is 7.84. The molecule has 6 heteroatoms. The van der Waals surface area contributed by atoms with Crippen LogP contribution in [-0.2, 0) is 17.3 Å². The molecular weight excluding hydrogens is 430 g/mol. The molecule has 5 nitrogen and oxygen atoms in total. The molecule has 1 fully saturated rings. The molecule has 4 aromatic rings. The average Bonchev–Trinajstić information content (AvgIpc) is 2.84. The van der Waals surface area contributed by atoms with Crippen LogP contribution in [0.5, 0.6) is 5.75 Å². The molecule has 33 heavy (non-hydrogen) atoms. The Labute approximate surface area is 196 Å². The Balaban J connectivity index is 1.11. The van der Waals surface area contributed by atoms with Crippen molar-refractivity contribution in [1.29, 1.82) is 0 Å². The molecule has 0 aliphatic carbocycles. The van der Waals surface area contributed by atoms with Crippen LogP contribution < -0.4 is 4.74 Å². The summed E-state index contributed by atoms with van der Waals surface area (Å²) in [6.07, 6.45) is 5.43. The van der Waals surface area contributed by atoms with Gasteiger partial charge in [-0.1, -0.05) is 48.5 Å². The summed E-state index contributed by atoms with van der Waals surface area (Å²) >= 11 is 0. The van der Waals surface area contributed by atoms with Gasteiger partial charge in [0.05, 0.1) is 16.5 Å². The fourth-order valence-corrected chi connectivity index (χ4v) is 4.40. The summed E-state index contributed by atoms with van der Waals surface area (Å²) < 4.78 is 17.6. The monoisotopic (exact) mass is 455 g/mol. The van der Waals surface area contributed by atoms with E-state index in [0.717, 1.165) is 47.8 Å². The zero-order chi connectivity index (χ0) is 22.6. The maximum Gasteiger partial charge on any atom is 0.126 e. The number of likely N-dealkylation sites (tertiary alicyclic amines) is 1. The van der Waals surface area contributed by atoms with Crippen molar-refractivity contribution in [3.63, 3.8) is 0 Å². The molecule has 0 radical (unpaired) electrons. The van der Waals surface area contributed by atoms with E-state index in [9.17, 15) is 4.21 Å². The maximum atomic E-state index is 11.5. The predicted octanol–water partition coefficient (Wildman–Crippen LogP) is 4.81. The van der Waals surface area contributed by atoms with Gasteiger partial charge in [0.1, 0.15) is 16.9 Å². The van der Waals surface area contributed by atoms with Gasteiger partial charge in [-0.15, -0.1) is 0 Å². The van der Waals surface area contributed by atoms with Gasteiger partial charge in [0.15, 0.2) is 0 Å².